The number of guanidine groups is 1. The fourth-order valence-corrected chi connectivity index (χ4v) is 2.79. The lowest BCUT2D eigenvalue weighted by Gasteiger charge is -2.23. The average molecular weight is 377 g/mol. The number of likely N-dealkylation sites (tertiary alicyclic amines) is 1. The summed E-state index contributed by atoms with van der Waals surface area (Å²) in [6.45, 7) is 10.3. The van der Waals surface area contributed by atoms with Crippen molar-refractivity contribution in [2.24, 2.45) is 4.99 Å². The second-order valence-corrected chi connectivity index (χ2v) is 7.42. The highest BCUT2D eigenvalue weighted by Crippen LogP contribution is 2.13. The SMILES string of the molecule is CCNC(=NCc1cccc(OC)n1)N1CCC(NC(=O)OC(C)(C)C)C1. The van der Waals surface area contributed by atoms with Crippen LogP contribution < -0.4 is 15.4 Å². The lowest BCUT2D eigenvalue weighted by molar-refractivity contribution is 0.0507. The Labute approximate surface area is 161 Å². The van der Waals surface area contributed by atoms with Crippen LogP contribution >= 0.6 is 0 Å². The Bertz CT molecular complexity index is 657. The van der Waals surface area contributed by atoms with E-state index in [9.17, 15) is 4.79 Å². The molecule has 1 atom stereocenters. The molecule has 8 nitrogen and oxygen atoms in total. The molecule has 0 aliphatic carbocycles. The number of carbonyl (C=O) groups is 1. The number of carbonyl (C=O) groups excluding carboxylic acids is 1. The molecule has 2 N–H and O–H groups in total. The molecule has 1 amide bonds. The Morgan fingerprint density at radius 3 is 2.85 bits per heavy atom. The number of aliphatic imine (C=N–C) groups is 1. The number of ether oxygens (including phenoxy) is 2. The number of rotatable bonds is 5. The number of methoxy groups -OCH3 is 1. The van der Waals surface area contributed by atoms with E-state index in [2.05, 4.69) is 25.5 Å². The van der Waals surface area contributed by atoms with Crippen LogP contribution in [0.15, 0.2) is 23.2 Å². The van der Waals surface area contributed by atoms with E-state index in [-0.39, 0.29) is 12.1 Å². The maximum Gasteiger partial charge on any atom is 0.407 e. The first-order chi connectivity index (χ1) is 12.8. The number of aromatic nitrogens is 1. The molecule has 0 saturated carbocycles. The van der Waals surface area contributed by atoms with E-state index in [0.29, 0.717) is 19.0 Å². The van der Waals surface area contributed by atoms with Gasteiger partial charge in [0.05, 0.1) is 25.4 Å². The van der Waals surface area contributed by atoms with Crippen molar-refractivity contribution in [3.8, 4) is 5.88 Å². The van der Waals surface area contributed by atoms with Crippen LogP contribution in [0.4, 0.5) is 4.79 Å². The number of amides is 1. The molecule has 2 heterocycles. The quantitative estimate of drug-likeness (QED) is 0.604. The van der Waals surface area contributed by atoms with E-state index in [1.165, 1.54) is 0 Å². The van der Waals surface area contributed by atoms with Crippen LogP contribution in [0.5, 0.6) is 5.88 Å². The number of hydrogen-bond donors (Lipinski definition) is 2. The molecule has 8 heteroatoms. The fraction of sp³-hybridized carbons (Fsp3) is 0.632. The van der Waals surface area contributed by atoms with Gasteiger partial charge in [0.2, 0.25) is 5.88 Å². The highest BCUT2D eigenvalue weighted by molar-refractivity contribution is 5.80. The van der Waals surface area contributed by atoms with Crippen LogP contribution in [0.1, 0.15) is 39.8 Å². The van der Waals surface area contributed by atoms with Gasteiger partial charge in [0.15, 0.2) is 5.96 Å². The number of alkyl carbamates (subject to hydrolysis) is 1. The zero-order valence-electron chi connectivity index (χ0n) is 16.9. The van der Waals surface area contributed by atoms with Gasteiger partial charge >= 0.3 is 6.09 Å². The predicted octanol–water partition coefficient (Wildman–Crippen LogP) is 2.15. The molecule has 0 bridgehead atoms. The minimum Gasteiger partial charge on any atom is -0.481 e. The molecule has 150 valence electrons. The molecule has 1 unspecified atom stereocenters. The van der Waals surface area contributed by atoms with E-state index in [4.69, 9.17) is 9.47 Å². The maximum atomic E-state index is 12.0. The van der Waals surface area contributed by atoms with Crippen LogP contribution in [-0.2, 0) is 11.3 Å². The van der Waals surface area contributed by atoms with Crippen LogP contribution in [0.2, 0.25) is 0 Å². The Kier molecular flexibility index (Phi) is 7.27. The number of pyridine rings is 1. The summed E-state index contributed by atoms with van der Waals surface area (Å²) >= 11 is 0. The first-order valence-electron chi connectivity index (χ1n) is 9.33. The summed E-state index contributed by atoms with van der Waals surface area (Å²) in [5, 5.41) is 6.25. The van der Waals surface area contributed by atoms with Crippen molar-refractivity contribution in [2.45, 2.75) is 52.3 Å². The third kappa shape index (κ3) is 6.96. The highest BCUT2D eigenvalue weighted by atomic mass is 16.6. The lowest BCUT2D eigenvalue weighted by Crippen LogP contribution is -2.44. The minimum absolute atomic E-state index is 0.0404. The summed E-state index contributed by atoms with van der Waals surface area (Å²) in [5.41, 5.74) is 0.343. The molecule has 27 heavy (non-hydrogen) atoms. The zero-order chi connectivity index (χ0) is 19.9. The van der Waals surface area contributed by atoms with Gasteiger partial charge in [0.1, 0.15) is 5.60 Å². The van der Waals surface area contributed by atoms with Crippen molar-refractivity contribution >= 4 is 12.1 Å². The minimum atomic E-state index is -0.498. The third-order valence-electron chi connectivity index (χ3n) is 3.92. The fourth-order valence-electron chi connectivity index (χ4n) is 2.79. The summed E-state index contributed by atoms with van der Waals surface area (Å²) in [6.07, 6.45) is 0.470. The van der Waals surface area contributed by atoms with Gasteiger partial charge in [-0.25, -0.2) is 14.8 Å². The molecule has 1 fully saturated rings. The van der Waals surface area contributed by atoms with Gasteiger partial charge in [-0.15, -0.1) is 0 Å². The van der Waals surface area contributed by atoms with Crippen molar-refractivity contribution in [1.82, 2.24) is 20.5 Å². The lowest BCUT2D eigenvalue weighted by atomic mass is 10.2. The summed E-state index contributed by atoms with van der Waals surface area (Å²) in [4.78, 5) is 23.2. The van der Waals surface area contributed by atoms with Gasteiger partial charge in [-0.05, 0) is 40.2 Å². The van der Waals surface area contributed by atoms with Gasteiger partial charge in [-0.3, -0.25) is 0 Å². The molecule has 0 radical (unpaired) electrons. The molecule has 0 aromatic carbocycles. The normalized spacial score (nSPS) is 17.6. The van der Waals surface area contributed by atoms with Crippen molar-refractivity contribution in [1.29, 1.82) is 0 Å². The summed E-state index contributed by atoms with van der Waals surface area (Å²) in [7, 11) is 1.60. The van der Waals surface area contributed by atoms with E-state index < -0.39 is 5.60 Å². The van der Waals surface area contributed by atoms with Gasteiger partial charge in [-0.2, -0.15) is 0 Å². The second-order valence-electron chi connectivity index (χ2n) is 7.42. The van der Waals surface area contributed by atoms with E-state index in [1.807, 2.05) is 45.9 Å². The van der Waals surface area contributed by atoms with Crippen LogP contribution in [0.25, 0.3) is 0 Å². The Morgan fingerprint density at radius 2 is 2.19 bits per heavy atom. The van der Waals surface area contributed by atoms with Gasteiger partial charge in [0, 0.05) is 25.7 Å². The van der Waals surface area contributed by atoms with Crippen molar-refractivity contribution in [2.75, 3.05) is 26.7 Å². The third-order valence-corrected chi connectivity index (χ3v) is 3.92. The van der Waals surface area contributed by atoms with E-state index >= 15 is 0 Å². The smallest absolute Gasteiger partial charge is 0.407 e. The maximum absolute atomic E-state index is 12.0. The van der Waals surface area contributed by atoms with Gasteiger partial charge in [0.25, 0.3) is 0 Å². The standard InChI is InChI=1S/C19H31N5O3/c1-6-20-17(21-12-14-8-7-9-16(22-14)26-5)24-11-10-15(13-24)23-18(25)27-19(2,3)4/h7-9,15H,6,10-13H2,1-5H3,(H,20,21)(H,23,25). The van der Waals surface area contributed by atoms with E-state index in [0.717, 1.165) is 31.2 Å². The zero-order valence-corrected chi connectivity index (χ0v) is 16.9. The van der Waals surface area contributed by atoms with Crippen LogP contribution in [0.3, 0.4) is 0 Å². The molecule has 1 aromatic rings. The second kappa shape index (κ2) is 9.43. The van der Waals surface area contributed by atoms with Gasteiger partial charge < -0.3 is 25.0 Å². The first kappa shape index (κ1) is 20.8. The van der Waals surface area contributed by atoms with E-state index in [1.54, 1.807) is 7.11 Å². The van der Waals surface area contributed by atoms with Crippen molar-refractivity contribution < 1.29 is 14.3 Å². The van der Waals surface area contributed by atoms with Crippen molar-refractivity contribution in [3.63, 3.8) is 0 Å². The van der Waals surface area contributed by atoms with Crippen LogP contribution in [0, 0.1) is 0 Å². The molecular weight excluding hydrogens is 346 g/mol. The van der Waals surface area contributed by atoms with Gasteiger partial charge in [-0.1, -0.05) is 6.07 Å². The molecule has 2 rings (SSSR count). The predicted molar refractivity (Wildman–Crippen MR) is 105 cm³/mol. The molecule has 0 spiro atoms. The number of nitrogens with one attached hydrogen (secondary N) is 2. The summed E-state index contributed by atoms with van der Waals surface area (Å²) in [6, 6.07) is 5.68. The largest absolute Gasteiger partial charge is 0.481 e. The number of nitrogens with zero attached hydrogens (tertiary/aromatic N) is 3. The molecule has 1 aliphatic heterocycles. The monoisotopic (exact) mass is 377 g/mol. The molecule has 1 aliphatic rings. The molecule has 1 aromatic heterocycles. The molecular formula is C19H31N5O3. The Balaban J connectivity index is 1.95. The topological polar surface area (TPSA) is 88.1 Å². The summed E-state index contributed by atoms with van der Waals surface area (Å²) < 4.78 is 10.5. The average Bonchev–Trinajstić information content (AvgIpc) is 3.05. The first-order valence-corrected chi connectivity index (χ1v) is 9.33. The van der Waals surface area contributed by atoms with Crippen molar-refractivity contribution in [3.05, 3.63) is 23.9 Å². The number of hydrogen-bond acceptors (Lipinski definition) is 5. The Hall–Kier alpha value is -2.51. The molecule has 1 saturated heterocycles. The van der Waals surface area contributed by atoms with Crippen LogP contribution in [-0.4, -0.2) is 60.3 Å². The Morgan fingerprint density at radius 1 is 1.41 bits per heavy atom. The summed E-state index contributed by atoms with van der Waals surface area (Å²) in [5.74, 6) is 1.39. The highest BCUT2D eigenvalue weighted by Gasteiger charge is 2.27.